The van der Waals surface area contributed by atoms with Crippen molar-refractivity contribution in [2.75, 3.05) is 5.43 Å². The maximum absolute atomic E-state index is 5.19. The first-order chi connectivity index (χ1) is 6.79. The summed E-state index contributed by atoms with van der Waals surface area (Å²) in [6.07, 6.45) is 0. The molecule has 4 nitrogen and oxygen atoms in total. The van der Waals surface area contributed by atoms with Gasteiger partial charge in [0.2, 0.25) is 0 Å². The lowest BCUT2D eigenvalue weighted by atomic mass is 10.3. The Labute approximate surface area is 93.3 Å². The Kier molecular flexibility index (Phi) is 2.76. The highest BCUT2D eigenvalue weighted by Gasteiger charge is 2.03. The van der Waals surface area contributed by atoms with Crippen LogP contribution in [0.5, 0.6) is 0 Å². The molecule has 0 aliphatic rings. The summed E-state index contributed by atoms with van der Waals surface area (Å²) in [7, 11) is 0. The minimum absolute atomic E-state index is 0.560. The predicted octanol–water partition coefficient (Wildman–Crippen LogP) is 2.25. The van der Waals surface area contributed by atoms with Crippen LogP contribution >= 0.6 is 27.3 Å². The molecule has 0 radical (unpaired) electrons. The Hall–Kier alpha value is -0.980. The average Bonchev–Trinajstić information content (AvgIpc) is 2.65. The molecule has 0 unspecified atom stereocenters. The minimum Gasteiger partial charge on any atom is -0.307 e. The number of nitrogen functional groups attached to an aromatic ring is 1. The Balaban J connectivity index is 2.33. The zero-order chi connectivity index (χ0) is 9.97. The number of thiophene rings is 1. The SMILES string of the molecule is NNc1ccc(-c2cc(Br)cs2)nn1. The molecule has 0 spiro atoms. The molecule has 14 heavy (non-hydrogen) atoms. The molecule has 0 aliphatic heterocycles. The third kappa shape index (κ3) is 1.92. The Bertz CT molecular complexity index is 425. The van der Waals surface area contributed by atoms with Crippen molar-refractivity contribution < 1.29 is 0 Å². The molecule has 72 valence electrons. The molecule has 2 aromatic heterocycles. The molecule has 0 aromatic carbocycles. The van der Waals surface area contributed by atoms with Gasteiger partial charge in [-0.1, -0.05) is 0 Å². The number of hydrazine groups is 1. The van der Waals surface area contributed by atoms with Crippen LogP contribution in [0.25, 0.3) is 10.6 Å². The van der Waals surface area contributed by atoms with Crippen LogP contribution in [0.2, 0.25) is 0 Å². The van der Waals surface area contributed by atoms with E-state index in [1.807, 2.05) is 17.5 Å². The van der Waals surface area contributed by atoms with Crippen molar-refractivity contribution >= 4 is 33.1 Å². The van der Waals surface area contributed by atoms with Crippen LogP contribution in [0.3, 0.4) is 0 Å². The van der Waals surface area contributed by atoms with Crippen LogP contribution in [-0.4, -0.2) is 10.2 Å². The van der Waals surface area contributed by atoms with E-state index in [1.54, 1.807) is 17.4 Å². The van der Waals surface area contributed by atoms with E-state index in [1.165, 1.54) is 0 Å². The normalized spacial score (nSPS) is 10.1. The number of nitrogens with one attached hydrogen (secondary N) is 1. The molecular weight excluding hydrogens is 264 g/mol. The average molecular weight is 271 g/mol. The third-order valence-corrected chi connectivity index (χ3v) is 3.35. The summed E-state index contributed by atoms with van der Waals surface area (Å²) in [5, 5.41) is 9.92. The summed E-state index contributed by atoms with van der Waals surface area (Å²) in [5.74, 6) is 5.74. The zero-order valence-corrected chi connectivity index (χ0v) is 9.47. The first-order valence-electron chi connectivity index (χ1n) is 3.84. The molecule has 6 heteroatoms. The molecule has 0 aliphatic carbocycles. The second-order valence-electron chi connectivity index (χ2n) is 2.58. The highest BCUT2D eigenvalue weighted by Crippen LogP contribution is 2.28. The maximum atomic E-state index is 5.19. The topological polar surface area (TPSA) is 63.8 Å². The van der Waals surface area contributed by atoms with Gasteiger partial charge in [0.15, 0.2) is 5.82 Å². The molecule has 2 heterocycles. The lowest BCUT2D eigenvalue weighted by Gasteiger charge is -1.98. The third-order valence-electron chi connectivity index (χ3n) is 1.63. The van der Waals surface area contributed by atoms with Crippen LogP contribution in [0.4, 0.5) is 5.82 Å². The zero-order valence-electron chi connectivity index (χ0n) is 7.07. The molecule has 0 saturated heterocycles. The first-order valence-corrected chi connectivity index (χ1v) is 5.51. The van der Waals surface area contributed by atoms with E-state index in [0.717, 1.165) is 15.0 Å². The van der Waals surface area contributed by atoms with Gasteiger partial charge in [-0.05, 0) is 34.1 Å². The molecular formula is C8H7BrN4S. The minimum atomic E-state index is 0.560. The Morgan fingerprint density at radius 2 is 2.21 bits per heavy atom. The van der Waals surface area contributed by atoms with Crippen molar-refractivity contribution in [1.82, 2.24) is 10.2 Å². The number of anilines is 1. The van der Waals surface area contributed by atoms with Crippen molar-refractivity contribution in [1.29, 1.82) is 0 Å². The van der Waals surface area contributed by atoms with Gasteiger partial charge in [-0.25, -0.2) is 5.84 Å². The molecule has 3 N–H and O–H groups in total. The van der Waals surface area contributed by atoms with Crippen LogP contribution in [0, 0.1) is 0 Å². The van der Waals surface area contributed by atoms with Crippen LogP contribution in [-0.2, 0) is 0 Å². The van der Waals surface area contributed by atoms with Gasteiger partial charge in [0, 0.05) is 9.85 Å². The maximum Gasteiger partial charge on any atom is 0.162 e. The van der Waals surface area contributed by atoms with Gasteiger partial charge in [0.25, 0.3) is 0 Å². The fourth-order valence-corrected chi connectivity index (χ4v) is 2.38. The van der Waals surface area contributed by atoms with Gasteiger partial charge in [-0.15, -0.1) is 21.5 Å². The van der Waals surface area contributed by atoms with E-state index in [0.29, 0.717) is 5.82 Å². The fourth-order valence-electron chi connectivity index (χ4n) is 0.988. The highest BCUT2D eigenvalue weighted by atomic mass is 79.9. The number of hydrogen-bond acceptors (Lipinski definition) is 5. The number of aromatic nitrogens is 2. The lowest BCUT2D eigenvalue weighted by Crippen LogP contribution is -2.08. The summed E-state index contributed by atoms with van der Waals surface area (Å²) in [5.41, 5.74) is 3.28. The van der Waals surface area contributed by atoms with Crippen molar-refractivity contribution in [3.05, 3.63) is 28.1 Å². The van der Waals surface area contributed by atoms with E-state index >= 15 is 0 Å². The van der Waals surface area contributed by atoms with Crippen molar-refractivity contribution in [2.45, 2.75) is 0 Å². The van der Waals surface area contributed by atoms with Gasteiger partial charge in [-0.2, -0.15) is 0 Å². The molecule has 0 bridgehead atoms. The molecule has 0 atom stereocenters. The molecule has 0 saturated carbocycles. The monoisotopic (exact) mass is 270 g/mol. The Morgan fingerprint density at radius 3 is 2.71 bits per heavy atom. The Morgan fingerprint density at radius 1 is 1.36 bits per heavy atom. The summed E-state index contributed by atoms with van der Waals surface area (Å²) in [4.78, 5) is 1.08. The van der Waals surface area contributed by atoms with Gasteiger partial charge in [0.05, 0.1) is 4.88 Å². The fraction of sp³-hybridized carbons (Fsp3) is 0. The van der Waals surface area contributed by atoms with E-state index in [4.69, 9.17) is 5.84 Å². The number of halogens is 1. The molecule has 0 fully saturated rings. The quantitative estimate of drug-likeness (QED) is 0.649. The number of rotatable bonds is 2. The van der Waals surface area contributed by atoms with Crippen LogP contribution in [0.1, 0.15) is 0 Å². The lowest BCUT2D eigenvalue weighted by molar-refractivity contribution is 1.03. The van der Waals surface area contributed by atoms with Crippen molar-refractivity contribution in [3.63, 3.8) is 0 Å². The van der Waals surface area contributed by atoms with Gasteiger partial charge in [-0.3, -0.25) is 0 Å². The molecule has 2 rings (SSSR count). The van der Waals surface area contributed by atoms with E-state index < -0.39 is 0 Å². The standard InChI is InChI=1S/C8H7BrN4S/c9-5-3-7(14-4-5)6-1-2-8(11-10)13-12-6/h1-4H,10H2,(H,11,13). The first kappa shape index (κ1) is 9.57. The molecule has 0 amide bonds. The van der Waals surface area contributed by atoms with Crippen molar-refractivity contribution in [3.8, 4) is 10.6 Å². The highest BCUT2D eigenvalue weighted by molar-refractivity contribution is 9.10. The summed E-state index contributed by atoms with van der Waals surface area (Å²) >= 11 is 5.00. The van der Waals surface area contributed by atoms with E-state index in [9.17, 15) is 0 Å². The van der Waals surface area contributed by atoms with Gasteiger partial charge < -0.3 is 5.43 Å². The van der Waals surface area contributed by atoms with E-state index in [-0.39, 0.29) is 0 Å². The largest absolute Gasteiger partial charge is 0.307 e. The van der Waals surface area contributed by atoms with E-state index in [2.05, 4.69) is 31.6 Å². The van der Waals surface area contributed by atoms with Gasteiger partial charge in [0.1, 0.15) is 5.69 Å². The number of hydrogen-bond donors (Lipinski definition) is 2. The summed E-state index contributed by atoms with van der Waals surface area (Å²) in [6.45, 7) is 0. The van der Waals surface area contributed by atoms with Gasteiger partial charge >= 0.3 is 0 Å². The van der Waals surface area contributed by atoms with Crippen molar-refractivity contribution in [2.24, 2.45) is 5.84 Å². The van der Waals surface area contributed by atoms with Crippen LogP contribution < -0.4 is 11.3 Å². The predicted molar refractivity (Wildman–Crippen MR) is 60.9 cm³/mol. The van der Waals surface area contributed by atoms with Crippen LogP contribution in [0.15, 0.2) is 28.1 Å². The summed E-state index contributed by atoms with van der Waals surface area (Å²) in [6, 6.07) is 5.67. The number of nitrogens with zero attached hydrogens (tertiary/aromatic N) is 2. The summed E-state index contributed by atoms with van der Waals surface area (Å²) < 4.78 is 1.06. The second kappa shape index (κ2) is 4.04. The second-order valence-corrected chi connectivity index (χ2v) is 4.40. The smallest absolute Gasteiger partial charge is 0.162 e. The number of nitrogens with two attached hydrogens (primary N) is 1. The molecule has 2 aromatic rings.